The van der Waals surface area contributed by atoms with Gasteiger partial charge in [-0.2, -0.15) is 0 Å². The predicted molar refractivity (Wildman–Crippen MR) is 54.8 cm³/mol. The summed E-state index contributed by atoms with van der Waals surface area (Å²) in [5.74, 6) is 0. The Balaban J connectivity index is 3.07. The maximum Gasteiger partial charge on any atom is 0.270 e. The van der Waals surface area contributed by atoms with Crippen molar-refractivity contribution in [3.8, 4) is 0 Å². The quantitative estimate of drug-likeness (QED) is 0.634. The van der Waals surface area contributed by atoms with Crippen molar-refractivity contribution in [2.75, 3.05) is 6.54 Å². The van der Waals surface area contributed by atoms with Gasteiger partial charge >= 0.3 is 0 Å². The molecule has 1 rings (SSSR count). The second-order valence-electron chi connectivity index (χ2n) is 2.71. The molecule has 6 heteroatoms. The topological polar surface area (TPSA) is 89.4 Å². The Hall–Kier alpha value is -0.980. The maximum absolute atomic E-state index is 10.4. The number of aliphatic hydroxyl groups is 1. The van der Waals surface area contributed by atoms with E-state index in [9.17, 15) is 15.2 Å². The van der Waals surface area contributed by atoms with Crippen molar-refractivity contribution in [2.45, 2.75) is 6.10 Å². The standard InChI is InChI=1S/C8H9BrN2O3/c9-7-3-5(11(13)14)1-2-6(7)8(12)4-10/h1-3,8,12H,4,10H2/t8-/m0/s1. The Morgan fingerprint density at radius 2 is 2.29 bits per heavy atom. The molecule has 5 nitrogen and oxygen atoms in total. The summed E-state index contributed by atoms with van der Waals surface area (Å²) in [7, 11) is 0. The van der Waals surface area contributed by atoms with Gasteiger partial charge in [0.25, 0.3) is 5.69 Å². The van der Waals surface area contributed by atoms with E-state index < -0.39 is 11.0 Å². The van der Waals surface area contributed by atoms with E-state index >= 15 is 0 Å². The summed E-state index contributed by atoms with van der Waals surface area (Å²) in [5.41, 5.74) is 5.80. The van der Waals surface area contributed by atoms with Crippen molar-refractivity contribution in [3.63, 3.8) is 0 Å². The molecule has 0 aliphatic heterocycles. The average Bonchev–Trinajstić information content (AvgIpc) is 2.16. The number of nitro groups is 1. The van der Waals surface area contributed by atoms with Crippen LogP contribution >= 0.6 is 15.9 Å². The molecule has 1 atom stereocenters. The van der Waals surface area contributed by atoms with E-state index in [1.54, 1.807) is 0 Å². The van der Waals surface area contributed by atoms with Crippen LogP contribution in [0, 0.1) is 10.1 Å². The summed E-state index contributed by atoms with van der Waals surface area (Å²) >= 11 is 3.14. The smallest absolute Gasteiger partial charge is 0.270 e. The third-order valence-electron chi connectivity index (χ3n) is 1.78. The van der Waals surface area contributed by atoms with Crippen LogP contribution in [0.5, 0.6) is 0 Å². The zero-order chi connectivity index (χ0) is 10.7. The molecule has 0 radical (unpaired) electrons. The number of nitrogens with zero attached hydrogens (tertiary/aromatic N) is 1. The third-order valence-corrected chi connectivity index (χ3v) is 2.46. The molecule has 0 saturated heterocycles. The second-order valence-corrected chi connectivity index (χ2v) is 3.57. The van der Waals surface area contributed by atoms with E-state index in [2.05, 4.69) is 15.9 Å². The van der Waals surface area contributed by atoms with Crippen LogP contribution in [0.4, 0.5) is 5.69 Å². The van der Waals surface area contributed by atoms with Gasteiger partial charge in [-0.3, -0.25) is 10.1 Å². The average molecular weight is 261 g/mol. The number of aliphatic hydroxyl groups excluding tert-OH is 1. The van der Waals surface area contributed by atoms with E-state index in [0.717, 1.165) is 0 Å². The highest BCUT2D eigenvalue weighted by atomic mass is 79.9. The molecule has 0 aliphatic rings. The van der Waals surface area contributed by atoms with Crippen LogP contribution < -0.4 is 5.73 Å². The molecule has 1 aromatic carbocycles. The fourth-order valence-corrected chi connectivity index (χ4v) is 1.66. The molecule has 0 heterocycles. The van der Waals surface area contributed by atoms with Gasteiger partial charge in [-0.25, -0.2) is 0 Å². The molecule has 0 aliphatic carbocycles. The van der Waals surface area contributed by atoms with Gasteiger partial charge in [0.2, 0.25) is 0 Å². The van der Waals surface area contributed by atoms with Gasteiger partial charge in [-0.05, 0) is 11.6 Å². The lowest BCUT2D eigenvalue weighted by molar-refractivity contribution is -0.385. The molecule has 0 aromatic heterocycles. The molecule has 0 spiro atoms. The molecular weight excluding hydrogens is 252 g/mol. The van der Waals surface area contributed by atoms with Gasteiger partial charge in [0.1, 0.15) is 0 Å². The number of nitrogens with two attached hydrogens (primary N) is 1. The number of hydrogen-bond donors (Lipinski definition) is 2. The molecule has 0 unspecified atom stereocenters. The maximum atomic E-state index is 10.4. The Morgan fingerprint density at radius 1 is 1.64 bits per heavy atom. The minimum Gasteiger partial charge on any atom is -0.387 e. The lowest BCUT2D eigenvalue weighted by Crippen LogP contribution is -2.12. The number of benzene rings is 1. The van der Waals surface area contributed by atoms with E-state index in [4.69, 9.17) is 5.73 Å². The number of non-ortho nitro benzene ring substituents is 1. The van der Waals surface area contributed by atoms with Crippen molar-refractivity contribution >= 4 is 21.6 Å². The fourth-order valence-electron chi connectivity index (χ4n) is 1.03. The Morgan fingerprint density at radius 3 is 2.71 bits per heavy atom. The molecule has 0 bridgehead atoms. The summed E-state index contributed by atoms with van der Waals surface area (Å²) in [6, 6.07) is 4.16. The summed E-state index contributed by atoms with van der Waals surface area (Å²) < 4.78 is 0.490. The highest BCUT2D eigenvalue weighted by molar-refractivity contribution is 9.10. The lowest BCUT2D eigenvalue weighted by Gasteiger charge is -2.09. The fraction of sp³-hybridized carbons (Fsp3) is 0.250. The molecule has 0 fully saturated rings. The molecule has 76 valence electrons. The van der Waals surface area contributed by atoms with Gasteiger partial charge in [0, 0.05) is 23.2 Å². The van der Waals surface area contributed by atoms with Crippen molar-refractivity contribution < 1.29 is 10.0 Å². The van der Waals surface area contributed by atoms with Crippen LogP contribution in [0.3, 0.4) is 0 Å². The van der Waals surface area contributed by atoms with Gasteiger partial charge in [-0.15, -0.1) is 0 Å². The zero-order valence-electron chi connectivity index (χ0n) is 7.18. The van der Waals surface area contributed by atoms with E-state index in [0.29, 0.717) is 10.0 Å². The van der Waals surface area contributed by atoms with Crippen molar-refractivity contribution in [1.82, 2.24) is 0 Å². The normalized spacial score (nSPS) is 12.5. The van der Waals surface area contributed by atoms with Gasteiger partial charge in [0.15, 0.2) is 0 Å². The monoisotopic (exact) mass is 260 g/mol. The molecular formula is C8H9BrN2O3. The number of halogens is 1. The van der Waals surface area contributed by atoms with Crippen molar-refractivity contribution in [2.24, 2.45) is 5.73 Å². The summed E-state index contributed by atoms with van der Waals surface area (Å²) in [5, 5.41) is 19.8. The van der Waals surface area contributed by atoms with E-state index in [1.807, 2.05) is 0 Å². The van der Waals surface area contributed by atoms with Crippen LogP contribution in [0.15, 0.2) is 22.7 Å². The molecule has 14 heavy (non-hydrogen) atoms. The molecule has 0 saturated carbocycles. The number of nitro benzene ring substituents is 1. The number of hydrogen-bond acceptors (Lipinski definition) is 4. The highest BCUT2D eigenvalue weighted by Crippen LogP contribution is 2.27. The van der Waals surface area contributed by atoms with E-state index in [1.165, 1.54) is 18.2 Å². The highest BCUT2D eigenvalue weighted by Gasteiger charge is 2.13. The van der Waals surface area contributed by atoms with Crippen LogP contribution in [-0.2, 0) is 0 Å². The van der Waals surface area contributed by atoms with Crippen LogP contribution in [-0.4, -0.2) is 16.6 Å². The third kappa shape index (κ3) is 2.28. The van der Waals surface area contributed by atoms with Gasteiger partial charge in [-0.1, -0.05) is 15.9 Å². The van der Waals surface area contributed by atoms with Gasteiger partial charge in [0.05, 0.1) is 11.0 Å². The zero-order valence-corrected chi connectivity index (χ0v) is 8.77. The first kappa shape index (κ1) is 11.1. The Bertz CT molecular complexity index is 356. The van der Waals surface area contributed by atoms with Crippen LogP contribution in [0.2, 0.25) is 0 Å². The summed E-state index contributed by atoms with van der Waals surface area (Å²) in [4.78, 5) is 9.90. The largest absolute Gasteiger partial charge is 0.387 e. The van der Waals surface area contributed by atoms with Gasteiger partial charge < -0.3 is 10.8 Å². The summed E-state index contributed by atoms with van der Waals surface area (Å²) in [6.45, 7) is 0.0798. The Kier molecular flexibility index (Phi) is 3.56. The minimum absolute atomic E-state index is 0.0233. The second kappa shape index (κ2) is 4.50. The summed E-state index contributed by atoms with van der Waals surface area (Å²) in [6.07, 6.45) is -0.801. The van der Waals surface area contributed by atoms with Crippen molar-refractivity contribution in [3.05, 3.63) is 38.3 Å². The predicted octanol–water partition coefficient (Wildman–Crippen LogP) is 1.35. The van der Waals surface area contributed by atoms with Crippen molar-refractivity contribution in [1.29, 1.82) is 0 Å². The van der Waals surface area contributed by atoms with E-state index in [-0.39, 0.29) is 12.2 Å². The lowest BCUT2D eigenvalue weighted by atomic mass is 10.1. The first-order valence-corrected chi connectivity index (χ1v) is 4.67. The number of rotatable bonds is 3. The molecule has 0 amide bonds. The Labute approximate surface area is 88.8 Å². The first-order valence-electron chi connectivity index (χ1n) is 3.88. The van der Waals surface area contributed by atoms with Crippen LogP contribution in [0.1, 0.15) is 11.7 Å². The molecule has 3 N–H and O–H groups in total. The van der Waals surface area contributed by atoms with Crippen LogP contribution in [0.25, 0.3) is 0 Å². The SMILES string of the molecule is NC[C@H](O)c1ccc([N+](=O)[O-])cc1Br. The minimum atomic E-state index is -0.801. The first-order chi connectivity index (χ1) is 6.56. The molecule has 1 aromatic rings.